The number of hydrogen-bond acceptors (Lipinski definition) is 4. The monoisotopic (exact) mass is 347 g/mol. The number of H-pyrrole nitrogens is 1. The summed E-state index contributed by atoms with van der Waals surface area (Å²) in [5.41, 5.74) is 2.78. The van der Waals surface area contributed by atoms with E-state index in [2.05, 4.69) is 10.3 Å². The summed E-state index contributed by atoms with van der Waals surface area (Å²) in [6.45, 7) is 0.0889. The summed E-state index contributed by atoms with van der Waals surface area (Å²) in [4.78, 5) is 26.9. The van der Waals surface area contributed by atoms with E-state index in [-0.39, 0.29) is 18.1 Å². The average molecular weight is 347 g/mol. The number of aromatic amines is 1. The third-order valence-corrected chi connectivity index (χ3v) is 3.95. The van der Waals surface area contributed by atoms with Crippen molar-refractivity contribution in [2.45, 2.75) is 6.42 Å². The second kappa shape index (κ2) is 7.99. The molecule has 0 aliphatic rings. The van der Waals surface area contributed by atoms with Gasteiger partial charge in [-0.15, -0.1) is 0 Å². The number of aromatic nitrogens is 1. The largest absolute Gasteiger partial charge is 0.452 e. The molecule has 6 nitrogen and oxygen atoms in total. The fourth-order valence-corrected chi connectivity index (χ4v) is 2.66. The number of esters is 1. The first-order valence-electron chi connectivity index (χ1n) is 8.16. The molecule has 0 radical (unpaired) electrons. The molecule has 0 aliphatic carbocycles. The molecular formula is C20H17N3O3. The minimum absolute atomic E-state index is 0.246. The highest BCUT2D eigenvalue weighted by molar-refractivity contribution is 5.91. The molecule has 6 heteroatoms. The zero-order valence-electron chi connectivity index (χ0n) is 14.0. The second-order valence-corrected chi connectivity index (χ2v) is 5.73. The molecule has 2 N–H and O–H groups in total. The molecule has 0 saturated heterocycles. The number of nitriles is 1. The molecule has 26 heavy (non-hydrogen) atoms. The molecule has 1 amide bonds. The zero-order valence-corrected chi connectivity index (χ0v) is 14.0. The Balaban J connectivity index is 1.45. The molecule has 0 bridgehead atoms. The normalized spacial score (nSPS) is 10.3. The van der Waals surface area contributed by atoms with E-state index in [9.17, 15) is 9.59 Å². The van der Waals surface area contributed by atoms with Crippen LogP contribution < -0.4 is 5.32 Å². The number of carbonyl (C=O) groups is 2. The maximum atomic E-state index is 11.9. The molecule has 3 rings (SSSR count). The van der Waals surface area contributed by atoms with Gasteiger partial charge in [0.2, 0.25) is 0 Å². The Hall–Kier alpha value is -3.59. The Labute approximate surface area is 150 Å². The number of rotatable bonds is 6. The first-order chi connectivity index (χ1) is 12.7. The first-order valence-corrected chi connectivity index (χ1v) is 8.16. The topological polar surface area (TPSA) is 95.0 Å². The van der Waals surface area contributed by atoms with E-state index in [0.29, 0.717) is 18.5 Å². The maximum Gasteiger partial charge on any atom is 0.338 e. The van der Waals surface area contributed by atoms with Crippen molar-refractivity contribution >= 4 is 22.8 Å². The third kappa shape index (κ3) is 4.08. The highest BCUT2D eigenvalue weighted by Gasteiger charge is 2.11. The summed E-state index contributed by atoms with van der Waals surface area (Å²) >= 11 is 0. The third-order valence-electron chi connectivity index (χ3n) is 3.95. The average Bonchev–Trinajstić information content (AvgIpc) is 3.09. The van der Waals surface area contributed by atoms with Crippen molar-refractivity contribution in [1.82, 2.24) is 10.3 Å². The number of benzene rings is 2. The fraction of sp³-hybridized carbons (Fsp3) is 0.150. The molecule has 2 aromatic carbocycles. The van der Waals surface area contributed by atoms with E-state index in [4.69, 9.17) is 10.00 Å². The Morgan fingerprint density at radius 1 is 1.15 bits per heavy atom. The number of carbonyl (C=O) groups excluding carboxylic acids is 2. The van der Waals surface area contributed by atoms with Crippen molar-refractivity contribution in [3.8, 4) is 6.07 Å². The Morgan fingerprint density at radius 2 is 2.00 bits per heavy atom. The molecule has 3 aromatic rings. The minimum atomic E-state index is -0.631. The highest BCUT2D eigenvalue weighted by Crippen LogP contribution is 2.17. The van der Waals surface area contributed by atoms with Gasteiger partial charge in [-0.2, -0.15) is 5.26 Å². The van der Waals surface area contributed by atoms with Gasteiger partial charge >= 0.3 is 5.97 Å². The van der Waals surface area contributed by atoms with Gasteiger partial charge in [0.25, 0.3) is 5.91 Å². The number of fused-ring (bicyclic) bond motifs is 1. The molecule has 0 spiro atoms. The Bertz CT molecular complexity index is 985. The summed E-state index contributed by atoms with van der Waals surface area (Å²) in [6.07, 6.45) is 2.60. The summed E-state index contributed by atoms with van der Waals surface area (Å²) in [5, 5.41) is 12.7. The molecule has 1 heterocycles. The van der Waals surface area contributed by atoms with Crippen molar-refractivity contribution < 1.29 is 14.3 Å². The number of amides is 1. The van der Waals surface area contributed by atoms with Crippen LogP contribution in [-0.2, 0) is 16.0 Å². The van der Waals surface area contributed by atoms with E-state index in [1.807, 2.05) is 36.5 Å². The molecular weight excluding hydrogens is 330 g/mol. The van der Waals surface area contributed by atoms with E-state index in [0.717, 1.165) is 16.5 Å². The van der Waals surface area contributed by atoms with Gasteiger partial charge in [-0.05, 0) is 36.2 Å². The smallest absolute Gasteiger partial charge is 0.338 e. The number of ether oxygens (including phenoxy) is 1. The van der Waals surface area contributed by atoms with Crippen LogP contribution in [0.1, 0.15) is 21.5 Å². The summed E-state index contributed by atoms with van der Waals surface area (Å²) in [6, 6.07) is 16.1. The second-order valence-electron chi connectivity index (χ2n) is 5.73. The number of nitrogens with zero attached hydrogens (tertiary/aromatic N) is 1. The summed E-state index contributed by atoms with van der Waals surface area (Å²) in [5.74, 6) is -0.997. The SMILES string of the molecule is N#Cc1cccc(C(=O)OCC(=O)NCCc2c[nH]c3ccccc23)c1. The molecule has 1 aromatic heterocycles. The van der Waals surface area contributed by atoms with Gasteiger partial charge in [-0.1, -0.05) is 24.3 Å². The maximum absolute atomic E-state index is 11.9. The van der Waals surface area contributed by atoms with Crippen molar-refractivity contribution in [1.29, 1.82) is 5.26 Å². The van der Waals surface area contributed by atoms with Gasteiger partial charge in [-0.3, -0.25) is 4.79 Å². The Morgan fingerprint density at radius 3 is 2.85 bits per heavy atom. The van der Waals surface area contributed by atoms with Crippen LogP contribution in [0, 0.1) is 11.3 Å². The van der Waals surface area contributed by atoms with E-state index in [1.54, 1.807) is 12.1 Å². The molecule has 0 saturated carbocycles. The van der Waals surface area contributed by atoms with Crippen LogP contribution in [0.4, 0.5) is 0 Å². The van der Waals surface area contributed by atoms with Gasteiger partial charge < -0.3 is 15.0 Å². The van der Waals surface area contributed by atoms with E-state index < -0.39 is 5.97 Å². The summed E-state index contributed by atoms with van der Waals surface area (Å²) < 4.78 is 4.98. The van der Waals surface area contributed by atoms with Crippen molar-refractivity contribution in [2.24, 2.45) is 0 Å². The van der Waals surface area contributed by atoms with Crippen LogP contribution in [0.15, 0.2) is 54.7 Å². The van der Waals surface area contributed by atoms with Gasteiger partial charge in [0.15, 0.2) is 6.61 Å². The molecule has 0 aliphatic heterocycles. The van der Waals surface area contributed by atoms with E-state index in [1.165, 1.54) is 12.1 Å². The van der Waals surface area contributed by atoms with Crippen LogP contribution >= 0.6 is 0 Å². The van der Waals surface area contributed by atoms with Gasteiger partial charge in [-0.25, -0.2) is 4.79 Å². The molecule has 0 fully saturated rings. The van der Waals surface area contributed by atoms with Crippen LogP contribution in [0.3, 0.4) is 0 Å². The van der Waals surface area contributed by atoms with Crippen LogP contribution in [0.5, 0.6) is 0 Å². The quantitative estimate of drug-likeness (QED) is 0.670. The van der Waals surface area contributed by atoms with Gasteiger partial charge in [0, 0.05) is 23.6 Å². The first kappa shape index (κ1) is 17.2. The highest BCUT2D eigenvalue weighted by atomic mass is 16.5. The standard InChI is InChI=1S/C20H17N3O3/c21-11-14-4-3-5-15(10-14)20(25)26-13-19(24)22-9-8-16-12-23-18-7-2-1-6-17(16)18/h1-7,10,12,23H,8-9,13H2,(H,22,24). The van der Waals surface area contributed by atoms with Crippen LogP contribution in [0.25, 0.3) is 10.9 Å². The van der Waals surface area contributed by atoms with E-state index >= 15 is 0 Å². The van der Waals surface area contributed by atoms with Gasteiger partial charge in [0.1, 0.15) is 0 Å². The number of para-hydroxylation sites is 1. The lowest BCUT2D eigenvalue weighted by Gasteiger charge is -2.06. The molecule has 130 valence electrons. The van der Waals surface area contributed by atoms with Gasteiger partial charge in [0.05, 0.1) is 17.2 Å². The van der Waals surface area contributed by atoms with Crippen LogP contribution in [0.2, 0.25) is 0 Å². The number of nitrogens with one attached hydrogen (secondary N) is 2. The lowest BCUT2D eigenvalue weighted by Crippen LogP contribution is -2.30. The van der Waals surface area contributed by atoms with Crippen molar-refractivity contribution in [2.75, 3.05) is 13.2 Å². The summed E-state index contributed by atoms with van der Waals surface area (Å²) in [7, 11) is 0. The number of hydrogen-bond donors (Lipinski definition) is 2. The van der Waals surface area contributed by atoms with Crippen molar-refractivity contribution in [3.05, 3.63) is 71.4 Å². The Kier molecular flexibility index (Phi) is 5.30. The minimum Gasteiger partial charge on any atom is -0.452 e. The lowest BCUT2D eigenvalue weighted by atomic mass is 10.1. The molecule has 0 unspecified atom stereocenters. The predicted octanol–water partition coefficient (Wildman–Crippen LogP) is 2.56. The zero-order chi connectivity index (χ0) is 18.4. The molecule has 0 atom stereocenters. The fourth-order valence-electron chi connectivity index (χ4n) is 2.66. The van der Waals surface area contributed by atoms with Crippen molar-refractivity contribution in [3.63, 3.8) is 0 Å². The predicted molar refractivity (Wildman–Crippen MR) is 96.5 cm³/mol. The van der Waals surface area contributed by atoms with Crippen LogP contribution in [-0.4, -0.2) is 30.0 Å². The lowest BCUT2D eigenvalue weighted by molar-refractivity contribution is -0.124.